The summed E-state index contributed by atoms with van der Waals surface area (Å²) < 4.78 is 5.41. The summed E-state index contributed by atoms with van der Waals surface area (Å²) >= 11 is 1.64. The maximum absolute atomic E-state index is 10.8. The Balaban J connectivity index is 1.50. The molecule has 7 heteroatoms. The molecule has 0 radical (unpaired) electrons. The molecule has 6 nitrogen and oxygen atoms in total. The number of thiophene rings is 1. The lowest BCUT2D eigenvalue weighted by Crippen LogP contribution is -2.44. The molecule has 0 bridgehead atoms. The van der Waals surface area contributed by atoms with E-state index in [1.807, 2.05) is 35.5 Å². The second-order valence-corrected chi connectivity index (χ2v) is 6.92. The zero-order valence-corrected chi connectivity index (χ0v) is 14.0. The molecule has 0 atom stereocenters. The van der Waals surface area contributed by atoms with Gasteiger partial charge in [-0.3, -0.25) is 14.6 Å². The predicted molar refractivity (Wildman–Crippen MR) is 88.4 cm³/mol. The van der Waals surface area contributed by atoms with Crippen LogP contribution in [-0.4, -0.2) is 58.8 Å². The van der Waals surface area contributed by atoms with Crippen molar-refractivity contribution in [2.24, 2.45) is 0 Å². The van der Waals surface area contributed by atoms with Crippen molar-refractivity contribution in [3.63, 3.8) is 0 Å². The molecule has 0 spiro atoms. The smallest absolute Gasteiger partial charge is 0.317 e. The maximum Gasteiger partial charge on any atom is 0.317 e. The van der Waals surface area contributed by atoms with E-state index in [9.17, 15) is 4.79 Å². The van der Waals surface area contributed by atoms with Gasteiger partial charge in [0.2, 0.25) is 0 Å². The molecule has 0 unspecified atom stereocenters. The first-order valence-corrected chi connectivity index (χ1v) is 8.63. The van der Waals surface area contributed by atoms with Gasteiger partial charge in [-0.25, -0.2) is 0 Å². The van der Waals surface area contributed by atoms with E-state index in [2.05, 4.69) is 10.1 Å². The largest absolute Gasteiger partial charge is 0.480 e. The van der Waals surface area contributed by atoms with Crippen molar-refractivity contribution >= 4 is 17.3 Å². The van der Waals surface area contributed by atoms with E-state index < -0.39 is 5.97 Å². The number of carboxylic acid groups (broad SMARTS) is 1. The average Bonchev–Trinajstić information content (AvgIpc) is 3.18. The Morgan fingerprint density at radius 3 is 2.96 bits per heavy atom. The number of likely N-dealkylation sites (N-methyl/N-ethyl adjacent to an activating group) is 1. The second-order valence-electron chi connectivity index (χ2n) is 5.98. The third kappa shape index (κ3) is 4.19. The number of aromatic nitrogens is 1. The van der Waals surface area contributed by atoms with Gasteiger partial charge in [-0.1, -0.05) is 11.2 Å². The van der Waals surface area contributed by atoms with Crippen LogP contribution in [0.25, 0.3) is 10.6 Å². The lowest BCUT2D eigenvalue weighted by atomic mass is 10.0. The van der Waals surface area contributed by atoms with E-state index in [-0.39, 0.29) is 6.54 Å². The molecule has 0 amide bonds. The first-order chi connectivity index (χ1) is 11.1. The molecule has 1 saturated heterocycles. The van der Waals surface area contributed by atoms with Crippen molar-refractivity contribution in [3.8, 4) is 10.6 Å². The zero-order valence-electron chi connectivity index (χ0n) is 13.1. The van der Waals surface area contributed by atoms with E-state index in [4.69, 9.17) is 9.63 Å². The Morgan fingerprint density at radius 2 is 2.30 bits per heavy atom. The van der Waals surface area contributed by atoms with Crippen LogP contribution in [0.2, 0.25) is 0 Å². The Labute approximate surface area is 139 Å². The molecule has 1 N–H and O–H groups in total. The summed E-state index contributed by atoms with van der Waals surface area (Å²) in [7, 11) is 1.89. The highest BCUT2D eigenvalue weighted by molar-refractivity contribution is 7.13. The molecule has 0 aliphatic carbocycles. The number of rotatable bonds is 6. The lowest BCUT2D eigenvalue weighted by Gasteiger charge is -2.35. The quantitative estimate of drug-likeness (QED) is 0.874. The lowest BCUT2D eigenvalue weighted by molar-refractivity contribution is -0.138. The minimum Gasteiger partial charge on any atom is -0.480 e. The highest BCUT2D eigenvalue weighted by Crippen LogP contribution is 2.26. The summed E-state index contributed by atoms with van der Waals surface area (Å²) in [5, 5.41) is 15.1. The highest BCUT2D eigenvalue weighted by atomic mass is 32.1. The minimum absolute atomic E-state index is 0.109. The molecule has 124 valence electrons. The second kappa shape index (κ2) is 7.25. The molecule has 1 aliphatic rings. The summed E-state index contributed by atoms with van der Waals surface area (Å²) in [5.41, 5.74) is 0.950. The predicted octanol–water partition coefficient (Wildman–Crippen LogP) is 2.38. The van der Waals surface area contributed by atoms with E-state index in [1.54, 1.807) is 11.3 Å². The summed E-state index contributed by atoms with van der Waals surface area (Å²) in [6.45, 7) is 2.80. The van der Waals surface area contributed by atoms with Gasteiger partial charge in [0, 0.05) is 31.7 Å². The van der Waals surface area contributed by atoms with Crippen LogP contribution in [0.15, 0.2) is 28.1 Å². The fourth-order valence-electron chi connectivity index (χ4n) is 3.01. The van der Waals surface area contributed by atoms with Gasteiger partial charge < -0.3 is 9.63 Å². The molecule has 2 aromatic heterocycles. The van der Waals surface area contributed by atoms with Gasteiger partial charge in [0.25, 0.3) is 0 Å². The highest BCUT2D eigenvalue weighted by Gasteiger charge is 2.24. The van der Waals surface area contributed by atoms with E-state index >= 15 is 0 Å². The van der Waals surface area contributed by atoms with Gasteiger partial charge in [0.05, 0.1) is 17.1 Å². The van der Waals surface area contributed by atoms with Gasteiger partial charge in [-0.05, 0) is 31.3 Å². The summed E-state index contributed by atoms with van der Waals surface area (Å²) in [5.74, 6) is 0.0599. The van der Waals surface area contributed by atoms with Crippen LogP contribution in [0.3, 0.4) is 0 Å². The third-order valence-corrected chi connectivity index (χ3v) is 5.16. The van der Waals surface area contributed by atoms with E-state index in [0.29, 0.717) is 6.04 Å². The summed E-state index contributed by atoms with van der Waals surface area (Å²) in [4.78, 5) is 16.2. The van der Waals surface area contributed by atoms with Crippen molar-refractivity contribution in [2.45, 2.75) is 25.4 Å². The third-order valence-electron chi connectivity index (χ3n) is 4.27. The number of likely N-dealkylation sites (tertiary alicyclic amines) is 1. The number of carbonyl (C=O) groups is 1. The number of carboxylic acids is 1. The van der Waals surface area contributed by atoms with E-state index in [1.165, 1.54) is 0 Å². The molecular formula is C16H21N3O3S. The van der Waals surface area contributed by atoms with Crippen molar-refractivity contribution in [1.82, 2.24) is 15.0 Å². The van der Waals surface area contributed by atoms with Crippen molar-refractivity contribution in [1.29, 1.82) is 0 Å². The van der Waals surface area contributed by atoms with Crippen LogP contribution in [0.4, 0.5) is 0 Å². The van der Waals surface area contributed by atoms with Crippen molar-refractivity contribution in [3.05, 3.63) is 29.3 Å². The number of aliphatic carboxylic acids is 1. The van der Waals surface area contributed by atoms with Crippen LogP contribution in [0.1, 0.15) is 18.5 Å². The standard InChI is InChI=1S/C16H21N3O3S/c1-18(11-16(20)21)13-4-6-19(7-5-13)10-12-9-14(22-17-12)15-3-2-8-23-15/h2-3,8-9,13H,4-7,10-11H2,1H3,(H,20,21). The number of hydrogen-bond acceptors (Lipinski definition) is 6. The van der Waals surface area contributed by atoms with Crippen molar-refractivity contribution < 1.29 is 14.4 Å². The first kappa shape index (κ1) is 16.2. The topological polar surface area (TPSA) is 69.8 Å². The molecule has 1 aliphatic heterocycles. The average molecular weight is 335 g/mol. The molecular weight excluding hydrogens is 314 g/mol. The summed E-state index contributed by atoms with van der Waals surface area (Å²) in [6, 6.07) is 6.38. The Bertz CT molecular complexity index is 633. The van der Waals surface area contributed by atoms with Crippen LogP contribution >= 0.6 is 11.3 Å². The SMILES string of the molecule is CN(CC(=O)O)C1CCN(Cc2cc(-c3cccs3)on2)CC1. The zero-order chi connectivity index (χ0) is 16.2. The van der Waals surface area contributed by atoms with Crippen LogP contribution in [0, 0.1) is 0 Å². The molecule has 0 saturated carbocycles. The van der Waals surface area contributed by atoms with Crippen LogP contribution < -0.4 is 0 Å². The first-order valence-electron chi connectivity index (χ1n) is 7.75. The van der Waals surface area contributed by atoms with Gasteiger partial charge in [-0.2, -0.15) is 0 Å². The van der Waals surface area contributed by atoms with Gasteiger partial charge in [-0.15, -0.1) is 11.3 Å². The number of piperidine rings is 1. The van der Waals surface area contributed by atoms with Crippen LogP contribution in [-0.2, 0) is 11.3 Å². The Kier molecular flexibility index (Phi) is 5.09. The monoisotopic (exact) mass is 335 g/mol. The molecule has 23 heavy (non-hydrogen) atoms. The fourth-order valence-corrected chi connectivity index (χ4v) is 3.68. The molecule has 3 heterocycles. The summed E-state index contributed by atoms with van der Waals surface area (Å²) in [6.07, 6.45) is 1.97. The van der Waals surface area contributed by atoms with Gasteiger partial charge >= 0.3 is 5.97 Å². The minimum atomic E-state index is -0.765. The molecule has 2 aromatic rings. The maximum atomic E-state index is 10.8. The Hall–Kier alpha value is -1.70. The van der Waals surface area contributed by atoms with Gasteiger partial charge in [0.15, 0.2) is 5.76 Å². The molecule has 3 rings (SSSR count). The Morgan fingerprint density at radius 1 is 1.52 bits per heavy atom. The van der Waals surface area contributed by atoms with Gasteiger partial charge in [0.1, 0.15) is 0 Å². The van der Waals surface area contributed by atoms with Crippen LogP contribution in [0.5, 0.6) is 0 Å². The number of hydrogen-bond donors (Lipinski definition) is 1. The van der Waals surface area contributed by atoms with Crippen molar-refractivity contribution in [2.75, 3.05) is 26.7 Å². The fraction of sp³-hybridized carbons (Fsp3) is 0.500. The van der Waals surface area contributed by atoms with E-state index in [0.717, 1.165) is 48.8 Å². The normalized spacial score (nSPS) is 17.0. The molecule has 1 fully saturated rings. The molecule has 0 aromatic carbocycles. The number of nitrogens with zero attached hydrogens (tertiary/aromatic N) is 3.